The lowest BCUT2D eigenvalue weighted by molar-refractivity contribution is 0.367. The third-order valence-corrected chi connectivity index (χ3v) is 5.02. The van der Waals surface area contributed by atoms with Gasteiger partial charge in [0, 0.05) is 42.6 Å². The van der Waals surface area contributed by atoms with Crippen LogP contribution in [-0.4, -0.2) is 31.1 Å². The molecule has 0 spiro atoms. The standard InChI is InChI=1S/C23H21ClN4/c1-18-5-8-20(9-6-18)23(10-7-19(16-25)17-26)28-13-11-27(12-14-28)22-4-2-3-21(24)15-22/h2-10,15H,11-14H2,1H3/b23-10-. The molecule has 0 aromatic heterocycles. The van der Waals surface area contributed by atoms with E-state index in [-0.39, 0.29) is 5.57 Å². The van der Waals surface area contributed by atoms with Crippen molar-refractivity contribution in [3.05, 3.63) is 82.4 Å². The molecule has 28 heavy (non-hydrogen) atoms. The molecule has 1 fully saturated rings. The Morgan fingerprint density at radius 1 is 0.964 bits per heavy atom. The molecule has 5 heteroatoms. The summed E-state index contributed by atoms with van der Waals surface area (Å²) < 4.78 is 0. The zero-order chi connectivity index (χ0) is 19.9. The summed E-state index contributed by atoms with van der Waals surface area (Å²) >= 11 is 6.13. The van der Waals surface area contributed by atoms with E-state index in [4.69, 9.17) is 22.1 Å². The Hall–Kier alpha value is -3.21. The quantitative estimate of drug-likeness (QED) is 0.558. The Bertz CT molecular complexity index is 953. The first-order valence-corrected chi connectivity index (χ1v) is 9.53. The molecule has 140 valence electrons. The van der Waals surface area contributed by atoms with Crippen LogP contribution in [0.4, 0.5) is 5.69 Å². The van der Waals surface area contributed by atoms with Crippen LogP contribution in [0.3, 0.4) is 0 Å². The van der Waals surface area contributed by atoms with Crippen molar-refractivity contribution in [3.63, 3.8) is 0 Å². The molecule has 0 amide bonds. The Morgan fingerprint density at radius 2 is 1.64 bits per heavy atom. The number of allylic oxidation sites excluding steroid dienone is 3. The molecule has 1 saturated heterocycles. The number of hydrogen-bond donors (Lipinski definition) is 0. The number of hydrogen-bond acceptors (Lipinski definition) is 4. The highest BCUT2D eigenvalue weighted by Crippen LogP contribution is 2.25. The molecule has 0 atom stereocenters. The predicted molar refractivity (Wildman–Crippen MR) is 114 cm³/mol. The third kappa shape index (κ3) is 4.74. The van der Waals surface area contributed by atoms with E-state index in [0.717, 1.165) is 48.1 Å². The fraction of sp³-hybridized carbons (Fsp3) is 0.217. The van der Waals surface area contributed by atoms with Crippen LogP contribution in [0.5, 0.6) is 0 Å². The fourth-order valence-corrected chi connectivity index (χ4v) is 3.43. The van der Waals surface area contributed by atoms with Crippen molar-refractivity contribution >= 4 is 23.0 Å². The van der Waals surface area contributed by atoms with E-state index < -0.39 is 0 Å². The van der Waals surface area contributed by atoms with E-state index in [0.29, 0.717) is 0 Å². The Balaban J connectivity index is 1.83. The van der Waals surface area contributed by atoms with Gasteiger partial charge in [0.1, 0.15) is 17.7 Å². The van der Waals surface area contributed by atoms with Crippen molar-refractivity contribution in [1.29, 1.82) is 10.5 Å². The molecule has 0 unspecified atom stereocenters. The van der Waals surface area contributed by atoms with Gasteiger partial charge in [-0.25, -0.2) is 0 Å². The zero-order valence-corrected chi connectivity index (χ0v) is 16.5. The topological polar surface area (TPSA) is 54.1 Å². The molecular weight excluding hydrogens is 368 g/mol. The van der Waals surface area contributed by atoms with E-state index in [9.17, 15) is 0 Å². The van der Waals surface area contributed by atoms with E-state index in [1.807, 2.05) is 36.4 Å². The number of nitriles is 2. The smallest absolute Gasteiger partial charge is 0.129 e. The van der Waals surface area contributed by atoms with Crippen LogP contribution in [0.2, 0.25) is 5.02 Å². The van der Waals surface area contributed by atoms with Crippen molar-refractivity contribution in [1.82, 2.24) is 4.90 Å². The highest BCUT2D eigenvalue weighted by atomic mass is 35.5. The van der Waals surface area contributed by atoms with Crippen LogP contribution >= 0.6 is 11.6 Å². The summed E-state index contributed by atoms with van der Waals surface area (Å²) in [6.07, 6.45) is 3.47. The Morgan fingerprint density at radius 3 is 2.25 bits per heavy atom. The van der Waals surface area contributed by atoms with Gasteiger partial charge in [-0.2, -0.15) is 10.5 Å². The van der Waals surface area contributed by atoms with Gasteiger partial charge in [0.05, 0.1) is 0 Å². The van der Waals surface area contributed by atoms with Gasteiger partial charge in [0.15, 0.2) is 0 Å². The molecule has 1 heterocycles. The van der Waals surface area contributed by atoms with Crippen molar-refractivity contribution in [2.24, 2.45) is 0 Å². The monoisotopic (exact) mass is 388 g/mol. The van der Waals surface area contributed by atoms with Gasteiger partial charge in [-0.3, -0.25) is 0 Å². The Labute approximate surface area is 171 Å². The summed E-state index contributed by atoms with van der Waals surface area (Å²) in [4.78, 5) is 4.62. The maximum absolute atomic E-state index is 9.04. The summed E-state index contributed by atoms with van der Waals surface area (Å²) in [5.41, 5.74) is 4.52. The average Bonchev–Trinajstić information content (AvgIpc) is 2.73. The lowest BCUT2D eigenvalue weighted by Crippen LogP contribution is -2.45. The van der Waals surface area contributed by atoms with Crippen LogP contribution in [-0.2, 0) is 0 Å². The molecule has 1 aliphatic heterocycles. The summed E-state index contributed by atoms with van der Waals surface area (Å²) in [5, 5.41) is 18.8. The van der Waals surface area contributed by atoms with Gasteiger partial charge >= 0.3 is 0 Å². The molecule has 4 nitrogen and oxygen atoms in total. The highest BCUT2D eigenvalue weighted by molar-refractivity contribution is 6.30. The molecule has 0 radical (unpaired) electrons. The predicted octanol–water partition coefficient (Wildman–Crippen LogP) is 4.79. The highest BCUT2D eigenvalue weighted by Gasteiger charge is 2.20. The summed E-state index contributed by atoms with van der Waals surface area (Å²) in [7, 11) is 0. The first-order chi connectivity index (χ1) is 13.6. The molecule has 2 aromatic rings. The maximum Gasteiger partial charge on any atom is 0.129 e. The van der Waals surface area contributed by atoms with Crippen LogP contribution < -0.4 is 4.90 Å². The molecular formula is C23H21ClN4. The molecule has 0 saturated carbocycles. The minimum atomic E-state index is 0.0992. The van der Waals surface area contributed by atoms with E-state index in [1.165, 1.54) is 5.56 Å². The summed E-state index contributed by atoms with van der Waals surface area (Å²) in [6.45, 7) is 5.48. The SMILES string of the molecule is Cc1ccc(/C(=C/C=C(C#N)C#N)N2CCN(c3cccc(Cl)c3)CC2)cc1. The van der Waals surface area contributed by atoms with Crippen molar-refractivity contribution < 1.29 is 0 Å². The van der Waals surface area contributed by atoms with Crippen LogP contribution in [0, 0.1) is 29.6 Å². The van der Waals surface area contributed by atoms with Crippen molar-refractivity contribution in [2.75, 3.05) is 31.1 Å². The second-order valence-electron chi connectivity index (χ2n) is 6.68. The summed E-state index contributed by atoms with van der Waals surface area (Å²) in [5.74, 6) is 0. The second-order valence-corrected chi connectivity index (χ2v) is 7.11. The normalized spacial score (nSPS) is 14.2. The first kappa shape index (κ1) is 19.5. The number of aryl methyl sites for hydroxylation is 1. The Kier molecular flexibility index (Phi) is 6.37. The van der Waals surface area contributed by atoms with Gasteiger partial charge < -0.3 is 9.80 Å². The van der Waals surface area contributed by atoms with E-state index in [2.05, 4.69) is 47.1 Å². The fourth-order valence-electron chi connectivity index (χ4n) is 3.25. The maximum atomic E-state index is 9.04. The summed E-state index contributed by atoms with van der Waals surface area (Å²) in [6, 6.07) is 20.1. The largest absolute Gasteiger partial charge is 0.368 e. The second kappa shape index (κ2) is 9.13. The van der Waals surface area contributed by atoms with E-state index in [1.54, 1.807) is 6.08 Å². The van der Waals surface area contributed by atoms with Crippen LogP contribution in [0.1, 0.15) is 11.1 Å². The van der Waals surface area contributed by atoms with Gasteiger partial charge in [0.2, 0.25) is 0 Å². The average molecular weight is 389 g/mol. The lowest BCUT2D eigenvalue weighted by atomic mass is 10.1. The number of halogens is 1. The lowest BCUT2D eigenvalue weighted by Gasteiger charge is -2.38. The number of anilines is 1. The van der Waals surface area contributed by atoms with Crippen molar-refractivity contribution in [2.45, 2.75) is 6.92 Å². The zero-order valence-electron chi connectivity index (χ0n) is 15.8. The van der Waals surface area contributed by atoms with Crippen LogP contribution in [0.15, 0.2) is 66.3 Å². The molecule has 3 rings (SSSR count). The van der Waals surface area contributed by atoms with Gasteiger partial charge in [-0.05, 0) is 42.8 Å². The number of nitrogens with zero attached hydrogens (tertiary/aromatic N) is 4. The van der Waals surface area contributed by atoms with Gasteiger partial charge in [-0.1, -0.05) is 47.5 Å². The number of piperazine rings is 1. The molecule has 0 aliphatic carbocycles. The van der Waals surface area contributed by atoms with Crippen LogP contribution in [0.25, 0.3) is 5.70 Å². The molecule has 1 aliphatic rings. The first-order valence-electron chi connectivity index (χ1n) is 9.15. The molecule has 0 N–H and O–H groups in total. The molecule has 2 aromatic carbocycles. The van der Waals surface area contributed by atoms with E-state index >= 15 is 0 Å². The number of benzene rings is 2. The third-order valence-electron chi connectivity index (χ3n) is 4.79. The minimum absolute atomic E-state index is 0.0992. The van der Waals surface area contributed by atoms with Crippen molar-refractivity contribution in [3.8, 4) is 12.1 Å². The van der Waals surface area contributed by atoms with Gasteiger partial charge in [-0.15, -0.1) is 0 Å². The molecule has 0 bridgehead atoms. The minimum Gasteiger partial charge on any atom is -0.368 e. The number of rotatable bonds is 4. The van der Waals surface area contributed by atoms with Gasteiger partial charge in [0.25, 0.3) is 0 Å².